The van der Waals surface area contributed by atoms with Crippen LogP contribution in [0.4, 0.5) is 0 Å². The second kappa shape index (κ2) is 11.3. The molecule has 0 bridgehead atoms. The van der Waals surface area contributed by atoms with Crippen molar-refractivity contribution in [3.05, 3.63) is 52.2 Å². The van der Waals surface area contributed by atoms with Crippen LogP contribution in [0.1, 0.15) is 66.6 Å². The molecule has 2 saturated carbocycles. The number of nitrogens with two attached hydrogens (primary N) is 1. The SMILES string of the molecule is COc1ccc(CN(C2CC2)C2CCN(C(=O)c3cccs3)[C@@H](C(=O)NC3CCC(N)CC3)C2)cc1. The maximum atomic E-state index is 13.6. The van der Waals surface area contributed by atoms with Crippen molar-refractivity contribution in [2.75, 3.05) is 13.7 Å². The number of nitrogens with one attached hydrogen (secondary N) is 1. The Bertz CT molecular complexity index is 1020. The fourth-order valence-corrected chi connectivity index (χ4v) is 6.43. The van der Waals surface area contributed by atoms with Gasteiger partial charge < -0.3 is 20.7 Å². The summed E-state index contributed by atoms with van der Waals surface area (Å²) in [7, 11) is 1.68. The van der Waals surface area contributed by atoms with E-state index in [0.717, 1.165) is 44.4 Å². The van der Waals surface area contributed by atoms with Crippen molar-refractivity contribution in [2.45, 2.75) is 88.1 Å². The van der Waals surface area contributed by atoms with Crippen LogP contribution in [0.25, 0.3) is 0 Å². The number of carbonyl (C=O) groups is 2. The molecule has 3 aliphatic rings. The minimum Gasteiger partial charge on any atom is -0.497 e. The van der Waals surface area contributed by atoms with E-state index in [2.05, 4.69) is 22.3 Å². The van der Waals surface area contributed by atoms with E-state index in [1.807, 2.05) is 34.5 Å². The lowest BCUT2D eigenvalue weighted by Gasteiger charge is -2.43. The van der Waals surface area contributed by atoms with Gasteiger partial charge in [0.15, 0.2) is 0 Å². The molecule has 1 aromatic heterocycles. The standard InChI is InChI=1S/C28H38N4O3S/c1-35-24-12-4-19(5-13-24)18-32(22-10-11-22)23-14-15-31(28(34)26-3-2-16-36-26)25(17-23)27(33)30-21-8-6-20(29)7-9-21/h2-5,12-13,16,20-23,25H,6-11,14-15,17-18,29H2,1H3,(H,30,33)/t20?,21?,23?,25-/m1/s1. The highest BCUT2D eigenvalue weighted by molar-refractivity contribution is 7.12. The molecule has 0 radical (unpaired) electrons. The van der Waals surface area contributed by atoms with Gasteiger partial charge >= 0.3 is 0 Å². The van der Waals surface area contributed by atoms with Gasteiger partial charge in [0, 0.05) is 37.3 Å². The van der Waals surface area contributed by atoms with Crippen LogP contribution < -0.4 is 15.8 Å². The Hall–Kier alpha value is -2.42. The molecule has 1 aliphatic heterocycles. The average molecular weight is 511 g/mol. The van der Waals surface area contributed by atoms with E-state index in [-0.39, 0.29) is 29.9 Å². The third-order valence-corrected chi connectivity index (χ3v) is 8.86. The predicted molar refractivity (Wildman–Crippen MR) is 142 cm³/mol. The van der Waals surface area contributed by atoms with Gasteiger partial charge in [-0.25, -0.2) is 0 Å². The summed E-state index contributed by atoms with van der Waals surface area (Å²) in [6.07, 6.45) is 7.64. The highest BCUT2D eigenvalue weighted by atomic mass is 32.1. The maximum absolute atomic E-state index is 13.6. The smallest absolute Gasteiger partial charge is 0.264 e. The van der Waals surface area contributed by atoms with Gasteiger partial charge in [0.05, 0.1) is 12.0 Å². The lowest BCUT2D eigenvalue weighted by atomic mass is 9.90. The molecule has 194 valence electrons. The maximum Gasteiger partial charge on any atom is 0.264 e. The summed E-state index contributed by atoms with van der Waals surface area (Å²) in [5.74, 6) is 0.824. The molecule has 0 spiro atoms. The van der Waals surface area contributed by atoms with Gasteiger partial charge in [-0.2, -0.15) is 0 Å². The van der Waals surface area contributed by atoms with Crippen LogP contribution in [0.3, 0.4) is 0 Å². The number of methoxy groups -OCH3 is 1. The van der Waals surface area contributed by atoms with Crippen LogP contribution in [0.15, 0.2) is 41.8 Å². The molecular formula is C28H38N4O3S. The number of ether oxygens (including phenoxy) is 1. The van der Waals surface area contributed by atoms with Crippen LogP contribution in [-0.4, -0.2) is 65.5 Å². The molecule has 7 nitrogen and oxygen atoms in total. The third-order valence-electron chi connectivity index (χ3n) is 8.00. The molecule has 36 heavy (non-hydrogen) atoms. The molecule has 1 saturated heterocycles. The zero-order valence-electron chi connectivity index (χ0n) is 21.1. The molecule has 3 N–H and O–H groups in total. The molecule has 2 aliphatic carbocycles. The lowest BCUT2D eigenvalue weighted by Crippen LogP contribution is -2.58. The summed E-state index contributed by atoms with van der Waals surface area (Å²) >= 11 is 1.44. The average Bonchev–Trinajstić information content (AvgIpc) is 3.60. The van der Waals surface area contributed by atoms with Crippen LogP contribution in [0.2, 0.25) is 0 Å². The normalized spacial score (nSPS) is 26.6. The lowest BCUT2D eigenvalue weighted by molar-refractivity contribution is -0.128. The Morgan fingerprint density at radius 2 is 1.81 bits per heavy atom. The van der Waals surface area contributed by atoms with Gasteiger partial charge in [-0.3, -0.25) is 14.5 Å². The molecular weight excluding hydrogens is 472 g/mol. The van der Waals surface area contributed by atoms with E-state index in [0.29, 0.717) is 23.9 Å². The molecule has 8 heteroatoms. The highest BCUT2D eigenvalue weighted by Gasteiger charge is 2.42. The number of thiophene rings is 1. The monoisotopic (exact) mass is 510 g/mol. The van der Waals surface area contributed by atoms with E-state index < -0.39 is 6.04 Å². The highest BCUT2D eigenvalue weighted by Crippen LogP contribution is 2.35. The van der Waals surface area contributed by atoms with Crippen molar-refractivity contribution in [1.82, 2.24) is 15.1 Å². The van der Waals surface area contributed by atoms with Gasteiger partial charge in [0.1, 0.15) is 11.8 Å². The third kappa shape index (κ3) is 5.93. The predicted octanol–water partition coefficient (Wildman–Crippen LogP) is 3.78. The zero-order chi connectivity index (χ0) is 25.1. The molecule has 2 aromatic rings. The first-order valence-corrected chi connectivity index (χ1v) is 14.2. The zero-order valence-corrected chi connectivity index (χ0v) is 21.9. The van der Waals surface area contributed by atoms with Crippen LogP contribution in [0, 0.1) is 0 Å². The van der Waals surface area contributed by atoms with Crippen molar-refractivity contribution in [3.63, 3.8) is 0 Å². The number of carbonyl (C=O) groups excluding carboxylic acids is 2. The number of piperidine rings is 1. The van der Waals surface area contributed by atoms with Crippen molar-refractivity contribution >= 4 is 23.2 Å². The van der Waals surface area contributed by atoms with E-state index in [9.17, 15) is 9.59 Å². The van der Waals surface area contributed by atoms with E-state index in [1.165, 1.54) is 29.7 Å². The number of nitrogens with zero attached hydrogens (tertiary/aromatic N) is 2. The number of hydrogen-bond donors (Lipinski definition) is 2. The number of amides is 2. The molecule has 5 rings (SSSR count). The minimum atomic E-state index is -0.453. The van der Waals surface area contributed by atoms with Crippen LogP contribution in [0.5, 0.6) is 5.75 Å². The van der Waals surface area contributed by atoms with E-state index >= 15 is 0 Å². The first-order valence-electron chi connectivity index (χ1n) is 13.3. The fourth-order valence-electron chi connectivity index (χ4n) is 5.75. The first-order chi connectivity index (χ1) is 17.5. The van der Waals surface area contributed by atoms with Crippen molar-refractivity contribution in [2.24, 2.45) is 5.73 Å². The second-order valence-corrected chi connectivity index (χ2v) is 11.5. The summed E-state index contributed by atoms with van der Waals surface area (Å²) in [5.41, 5.74) is 7.32. The summed E-state index contributed by atoms with van der Waals surface area (Å²) in [4.78, 5) is 32.2. The number of rotatable bonds is 8. The molecule has 2 amide bonds. The summed E-state index contributed by atoms with van der Waals surface area (Å²) in [5, 5.41) is 5.21. The van der Waals surface area contributed by atoms with Gasteiger partial charge in [-0.15, -0.1) is 11.3 Å². The van der Waals surface area contributed by atoms with Gasteiger partial charge in [-0.05, 0) is 80.5 Å². The quantitative estimate of drug-likeness (QED) is 0.564. The van der Waals surface area contributed by atoms with Crippen molar-refractivity contribution in [3.8, 4) is 5.75 Å². The Balaban J connectivity index is 1.32. The van der Waals surface area contributed by atoms with Gasteiger partial charge in [-0.1, -0.05) is 18.2 Å². The largest absolute Gasteiger partial charge is 0.497 e. The number of hydrogen-bond acceptors (Lipinski definition) is 6. The van der Waals surface area contributed by atoms with E-state index in [4.69, 9.17) is 10.5 Å². The Morgan fingerprint density at radius 1 is 1.06 bits per heavy atom. The summed E-state index contributed by atoms with van der Waals surface area (Å²) in [6, 6.07) is 12.8. The molecule has 1 aromatic carbocycles. The van der Waals surface area contributed by atoms with E-state index in [1.54, 1.807) is 7.11 Å². The topological polar surface area (TPSA) is 87.9 Å². The van der Waals surface area contributed by atoms with Crippen molar-refractivity contribution < 1.29 is 14.3 Å². The molecule has 1 unspecified atom stereocenters. The first kappa shape index (κ1) is 25.2. The van der Waals surface area contributed by atoms with Crippen LogP contribution >= 0.6 is 11.3 Å². The van der Waals surface area contributed by atoms with Crippen LogP contribution in [-0.2, 0) is 11.3 Å². The Morgan fingerprint density at radius 3 is 2.44 bits per heavy atom. The number of likely N-dealkylation sites (tertiary alicyclic amines) is 1. The molecule has 2 atom stereocenters. The minimum absolute atomic E-state index is 0.00901. The molecule has 2 heterocycles. The van der Waals surface area contributed by atoms with Gasteiger partial charge in [0.25, 0.3) is 5.91 Å². The van der Waals surface area contributed by atoms with Gasteiger partial charge in [0.2, 0.25) is 5.91 Å². The second-order valence-electron chi connectivity index (χ2n) is 10.5. The Labute approximate surface area is 218 Å². The number of benzene rings is 1. The summed E-state index contributed by atoms with van der Waals surface area (Å²) < 4.78 is 5.32. The summed E-state index contributed by atoms with van der Waals surface area (Å²) in [6.45, 7) is 1.45. The van der Waals surface area contributed by atoms with Crippen molar-refractivity contribution in [1.29, 1.82) is 0 Å². The molecule has 3 fully saturated rings. The Kier molecular flexibility index (Phi) is 7.93. The fraction of sp³-hybridized carbons (Fsp3) is 0.571.